The predicted molar refractivity (Wildman–Crippen MR) is 139 cm³/mol. The molecule has 0 radical (unpaired) electrons. The quantitative estimate of drug-likeness (QED) is 0.467. The van der Waals surface area contributed by atoms with Gasteiger partial charge in [-0.15, -0.1) is 0 Å². The van der Waals surface area contributed by atoms with E-state index in [0.29, 0.717) is 21.8 Å². The summed E-state index contributed by atoms with van der Waals surface area (Å²) in [4.78, 5) is 41.0. The number of phenols is 1. The summed E-state index contributed by atoms with van der Waals surface area (Å²) in [6, 6.07) is 8.97. The van der Waals surface area contributed by atoms with Crippen LogP contribution in [0, 0.1) is 13.8 Å². The standard InChI is InChI=1S/C27H34ClN3O5/c1-16-8-6-11-20(28)23(16)30-25(34)24(18-12-13-21(32)17(2)14-18)31(19-9-7-10-19)22(33)15-29-26(35)36-27(3,4)5/h6,8,11-14,19,24,32H,7,9-10,15H2,1-5H3,(H,29,35)(H,30,34). The number of alkyl carbamates (subject to hydrolysis) is 1. The summed E-state index contributed by atoms with van der Waals surface area (Å²) in [5.41, 5.74) is 1.67. The van der Waals surface area contributed by atoms with Gasteiger partial charge in [0, 0.05) is 6.04 Å². The van der Waals surface area contributed by atoms with E-state index in [-0.39, 0.29) is 18.3 Å². The molecule has 0 heterocycles. The largest absolute Gasteiger partial charge is 0.508 e. The molecule has 0 saturated heterocycles. The number of hydrogen-bond donors (Lipinski definition) is 3. The molecule has 0 bridgehead atoms. The topological polar surface area (TPSA) is 108 Å². The van der Waals surface area contributed by atoms with E-state index < -0.39 is 29.6 Å². The van der Waals surface area contributed by atoms with Gasteiger partial charge in [-0.1, -0.05) is 29.8 Å². The molecule has 194 valence electrons. The maximum Gasteiger partial charge on any atom is 0.408 e. The van der Waals surface area contributed by atoms with Crippen LogP contribution in [-0.4, -0.2) is 46.1 Å². The highest BCUT2D eigenvalue weighted by Gasteiger charge is 2.39. The fourth-order valence-corrected chi connectivity index (χ4v) is 4.31. The van der Waals surface area contributed by atoms with E-state index in [1.807, 2.05) is 13.0 Å². The molecule has 1 atom stereocenters. The molecule has 0 spiro atoms. The summed E-state index contributed by atoms with van der Waals surface area (Å²) in [5.74, 6) is -0.755. The van der Waals surface area contributed by atoms with Crippen LogP contribution in [0.4, 0.5) is 10.5 Å². The molecule has 3 rings (SSSR count). The van der Waals surface area contributed by atoms with Crippen LogP contribution in [0.5, 0.6) is 5.75 Å². The van der Waals surface area contributed by atoms with Gasteiger partial charge in [-0.2, -0.15) is 0 Å². The third kappa shape index (κ3) is 6.69. The lowest BCUT2D eigenvalue weighted by atomic mass is 9.88. The Balaban J connectivity index is 1.96. The summed E-state index contributed by atoms with van der Waals surface area (Å²) >= 11 is 6.36. The number of carbonyl (C=O) groups is 3. The van der Waals surface area contributed by atoms with Gasteiger partial charge < -0.3 is 25.4 Å². The number of para-hydroxylation sites is 1. The van der Waals surface area contributed by atoms with E-state index in [0.717, 1.165) is 24.8 Å². The second-order valence-electron chi connectivity index (χ2n) is 10.1. The first-order valence-electron chi connectivity index (χ1n) is 12.0. The number of halogens is 1. The molecule has 3 amide bonds. The van der Waals surface area contributed by atoms with Crippen molar-refractivity contribution in [2.24, 2.45) is 0 Å². The molecular formula is C27H34ClN3O5. The zero-order valence-corrected chi connectivity index (χ0v) is 22.1. The molecule has 1 saturated carbocycles. The Morgan fingerprint density at radius 1 is 1.14 bits per heavy atom. The Labute approximate surface area is 217 Å². The van der Waals surface area contributed by atoms with Crippen molar-refractivity contribution < 1.29 is 24.2 Å². The summed E-state index contributed by atoms with van der Waals surface area (Å²) < 4.78 is 5.25. The maximum absolute atomic E-state index is 13.8. The van der Waals surface area contributed by atoms with E-state index in [1.165, 1.54) is 11.0 Å². The minimum atomic E-state index is -1.00. The number of nitrogens with one attached hydrogen (secondary N) is 2. The van der Waals surface area contributed by atoms with Crippen LogP contribution in [0.2, 0.25) is 5.02 Å². The van der Waals surface area contributed by atoms with Crippen molar-refractivity contribution in [3.8, 4) is 5.75 Å². The van der Waals surface area contributed by atoms with Crippen molar-refractivity contribution in [3.05, 3.63) is 58.1 Å². The molecule has 9 heteroatoms. The second kappa shape index (κ2) is 11.2. The molecule has 1 unspecified atom stereocenters. The Bertz CT molecular complexity index is 1120. The number of anilines is 1. The predicted octanol–water partition coefficient (Wildman–Crippen LogP) is 5.25. The normalized spacial score (nSPS) is 14.4. The Hall–Kier alpha value is -3.26. The van der Waals surface area contributed by atoms with Gasteiger partial charge >= 0.3 is 6.09 Å². The molecule has 36 heavy (non-hydrogen) atoms. The fraction of sp³-hybridized carbons (Fsp3) is 0.444. The zero-order chi connectivity index (χ0) is 26.6. The first-order chi connectivity index (χ1) is 16.9. The number of phenolic OH excluding ortho intramolecular Hbond substituents is 1. The molecule has 3 N–H and O–H groups in total. The van der Waals surface area contributed by atoms with Gasteiger partial charge in [0.05, 0.1) is 10.7 Å². The molecule has 1 aliphatic rings. The van der Waals surface area contributed by atoms with Crippen molar-refractivity contribution in [2.75, 3.05) is 11.9 Å². The van der Waals surface area contributed by atoms with Crippen LogP contribution in [0.15, 0.2) is 36.4 Å². The summed E-state index contributed by atoms with van der Waals surface area (Å²) in [7, 11) is 0. The highest BCUT2D eigenvalue weighted by atomic mass is 35.5. The van der Waals surface area contributed by atoms with Gasteiger partial charge in [0.2, 0.25) is 5.91 Å². The molecular weight excluding hydrogens is 482 g/mol. The second-order valence-corrected chi connectivity index (χ2v) is 10.5. The third-order valence-corrected chi connectivity index (χ3v) is 6.39. The van der Waals surface area contributed by atoms with Gasteiger partial charge in [-0.3, -0.25) is 9.59 Å². The minimum absolute atomic E-state index is 0.0907. The fourth-order valence-electron chi connectivity index (χ4n) is 4.05. The summed E-state index contributed by atoms with van der Waals surface area (Å²) in [6.07, 6.45) is 1.70. The SMILES string of the molecule is Cc1cc(C(C(=O)Nc2c(C)cccc2Cl)N(C(=O)CNC(=O)OC(C)(C)C)C2CCC2)ccc1O. The summed E-state index contributed by atoms with van der Waals surface area (Å²) in [5, 5.41) is 15.9. The lowest BCUT2D eigenvalue weighted by molar-refractivity contribution is -0.143. The Morgan fingerprint density at radius 2 is 1.83 bits per heavy atom. The number of aryl methyl sites for hydroxylation is 2. The van der Waals surface area contributed by atoms with Gasteiger partial charge in [0.1, 0.15) is 23.9 Å². The number of aromatic hydroxyl groups is 1. The number of rotatable bonds is 7. The van der Waals surface area contributed by atoms with Crippen molar-refractivity contribution >= 4 is 35.2 Å². The minimum Gasteiger partial charge on any atom is -0.508 e. The van der Waals surface area contributed by atoms with E-state index >= 15 is 0 Å². The Kier molecular flexibility index (Phi) is 8.51. The van der Waals surface area contributed by atoms with Gasteiger partial charge in [0.15, 0.2) is 0 Å². The number of nitrogens with zero attached hydrogens (tertiary/aromatic N) is 1. The van der Waals surface area contributed by atoms with Crippen LogP contribution in [0.1, 0.15) is 62.8 Å². The van der Waals surface area contributed by atoms with E-state index in [4.69, 9.17) is 16.3 Å². The van der Waals surface area contributed by atoms with E-state index in [1.54, 1.807) is 52.0 Å². The molecule has 8 nitrogen and oxygen atoms in total. The molecule has 2 aromatic rings. The van der Waals surface area contributed by atoms with E-state index in [2.05, 4.69) is 10.6 Å². The monoisotopic (exact) mass is 515 g/mol. The van der Waals surface area contributed by atoms with E-state index in [9.17, 15) is 19.5 Å². The molecule has 0 aromatic heterocycles. The van der Waals surface area contributed by atoms with Crippen LogP contribution < -0.4 is 10.6 Å². The molecule has 1 aliphatic carbocycles. The number of amides is 3. The van der Waals surface area contributed by atoms with Crippen LogP contribution >= 0.6 is 11.6 Å². The van der Waals surface area contributed by atoms with Crippen LogP contribution in [0.25, 0.3) is 0 Å². The van der Waals surface area contributed by atoms with Crippen LogP contribution in [0.3, 0.4) is 0 Å². The lowest BCUT2D eigenvalue weighted by Gasteiger charge is -2.42. The number of benzene rings is 2. The molecule has 0 aliphatic heterocycles. The first-order valence-corrected chi connectivity index (χ1v) is 12.4. The zero-order valence-electron chi connectivity index (χ0n) is 21.4. The molecule has 1 fully saturated rings. The average Bonchev–Trinajstić information content (AvgIpc) is 2.74. The van der Waals surface area contributed by atoms with Crippen molar-refractivity contribution in [3.63, 3.8) is 0 Å². The van der Waals surface area contributed by atoms with Gasteiger partial charge in [0.25, 0.3) is 5.91 Å². The van der Waals surface area contributed by atoms with Crippen molar-refractivity contribution in [1.82, 2.24) is 10.2 Å². The van der Waals surface area contributed by atoms with Crippen molar-refractivity contribution in [2.45, 2.75) is 71.6 Å². The lowest BCUT2D eigenvalue weighted by Crippen LogP contribution is -2.53. The third-order valence-electron chi connectivity index (χ3n) is 6.07. The summed E-state index contributed by atoms with van der Waals surface area (Å²) in [6.45, 7) is 8.45. The number of ether oxygens (including phenoxy) is 1. The first kappa shape index (κ1) is 27.3. The Morgan fingerprint density at radius 3 is 2.39 bits per heavy atom. The molecule has 2 aromatic carbocycles. The van der Waals surface area contributed by atoms with Crippen molar-refractivity contribution in [1.29, 1.82) is 0 Å². The number of carbonyl (C=O) groups excluding carboxylic acids is 3. The highest BCUT2D eigenvalue weighted by Crippen LogP contribution is 2.36. The average molecular weight is 516 g/mol. The smallest absolute Gasteiger partial charge is 0.408 e. The maximum atomic E-state index is 13.8. The highest BCUT2D eigenvalue weighted by molar-refractivity contribution is 6.34. The van der Waals surface area contributed by atoms with Gasteiger partial charge in [-0.05, 0) is 88.8 Å². The number of hydrogen-bond acceptors (Lipinski definition) is 5. The van der Waals surface area contributed by atoms with Gasteiger partial charge in [-0.25, -0.2) is 4.79 Å². The van der Waals surface area contributed by atoms with Crippen LogP contribution in [-0.2, 0) is 14.3 Å².